The molecule has 1 aliphatic rings. The molecule has 1 heterocycles. The fourth-order valence-electron chi connectivity index (χ4n) is 1.79. The Labute approximate surface area is 96.2 Å². The van der Waals surface area contributed by atoms with Gasteiger partial charge in [-0.15, -0.1) is 0 Å². The molecule has 6 heteroatoms. The zero-order chi connectivity index (χ0) is 12.6. The van der Waals surface area contributed by atoms with E-state index in [1.807, 2.05) is 0 Å². The van der Waals surface area contributed by atoms with Crippen molar-refractivity contribution in [2.45, 2.75) is 18.6 Å². The summed E-state index contributed by atoms with van der Waals surface area (Å²) in [7, 11) is 1.55. The van der Waals surface area contributed by atoms with Crippen LogP contribution in [0.2, 0.25) is 0 Å². The summed E-state index contributed by atoms with van der Waals surface area (Å²) >= 11 is 0. The Hall–Kier alpha value is -1.56. The maximum atomic E-state index is 12.5. The normalized spacial score (nSPS) is 21.1. The molecule has 17 heavy (non-hydrogen) atoms. The lowest BCUT2D eigenvalue weighted by Gasteiger charge is -2.14. The van der Waals surface area contributed by atoms with Crippen molar-refractivity contribution in [2.75, 3.05) is 7.05 Å². The van der Waals surface area contributed by atoms with Gasteiger partial charge in [0.25, 0.3) is 0 Å². The number of amides is 1. The van der Waals surface area contributed by atoms with Gasteiger partial charge in [-0.25, -0.2) is 5.43 Å². The lowest BCUT2D eigenvalue weighted by Crippen LogP contribution is -2.30. The standard InChI is InChI=1S/C11H11F3N2O/c1-16-10(17)6-9(15-16)7-3-2-4-8(5-7)11(12,13)14/h2-5,9,15H,6H2,1H3. The average Bonchev–Trinajstić information content (AvgIpc) is 2.58. The first-order chi connectivity index (χ1) is 7.88. The first kappa shape index (κ1) is 11.9. The molecule has 3 nitrogen and oxygen atoms in total. The highest BCUT2D eigenvalue weighted by atomic mass is 19.4. The van der Waals surface area contributed by atoms with E-state index in [-0.39, 0.29) is 18.4 Å². The molecule has 1 aromatic carbocycles. The van der Waals surface area contributed by atoms with Gasteiger partial charge in [-0.2, -0.15) is 13.2 Å². The molecule has 0 bridgehead atoms. The molecule has 1 amide bonds. The number of alkyl halides is 3. The van der Waals surface area contributed by atoms with Crippen molar-refractivity contribution in [2.24, 2.45) is 0 Å². The predicted molar refractivity (Wildman–Crippen MR) is 54.7 cm³/mol. The van der Waals surface area contributed by atoms with Crippen LogP contribution < -0.4 is 5.43 Å². The van der Waals surface area contributed by atoms with Crippen LogP contribution in [0.25, 0.3) is 0 Å². The monoisotopic (exact) mass is 244 g/mol. The molecule has 92 valence electrons. The van der Waals surface area contributed by atoms with Gasteiger partial charge in [0, 0.05) is 13.5 Å². The molecule has 0 aliphatic carbocycles. The van der Waals surface area contributed by atoms with Crippen molar-refractivity contribution in [1.29, 1.82) is 0 Å². The third kappa shape index (κ3) is 2.41. The third-order valence-corrected chi connectivity index (χ3v) is 2.72. The highest BCUT2D eigenvalue weighted by molar-refractivity contribution is 5.78. The Balaban J connectivity index is 2.26. The Morgan fingerprint density at radius 1 is 1.41 bits per heavy atom. The number of carbonyl (C=O) groups is 1. The van der Waals surface area contributed by atoms with Gasteiger partial charge in [0.1, 0.15) is 0 Å². The van der Waals surface area contributed by atoms with Crippen molar-refractivity contribution in [3.05, 3.63) is 35.4 Å². The van der Waals surface area contributed by atoms with Crippen molar-refractivity contribution >= 4 is 5.91 Å². The van der Waals surface area contributed by atoms with Gasteiger partial charge in [-0.1, -0.05) is 12.1 Å². The minimum Gasteiger partial charge on any atom is -0.281 e. The fraction of sp³-hybridized carbons (Fsp3) is 0.364. The number of rotatable bonds is 1. The van der Waals surface area contributed by atoms with Gasteiger partial charge in [0.05, 0.1) is 11.6 Å². The second kappa shape index (κ2) is 4.03. The number of nitrogens with one attached hydrogen (secondary N) is 1. The van der Waals surface area contributed by atoms with E-state index in [0.29, 0.717) is 5.56 Å². The zero-order valence-corrected chi connectivity index (χ0v) is 9.08. The first-order valence-electron chi connectivity index (χ1n) is 5.08. The van der Waals surface area contributed by atoms with Crippen LogP contribution in [-0.2, 0) is 11.0 Å². The van der Waals surface area contributed by atoms with Gasteiger partial charge in [-0.05, 0) is 17.7 Å². The summed E-state index contributed by atoms with van der Waals surface area (Å²) in [6, 6.07) is 4.64. The molecule has 0 aromatic heterocycles. The van der Waals surface area contributed by atoms with E-state index in [0.717, 1.165) is 12.1 Å². The highest BCUT2D eigenvalue weighted by Gasteiger charge is 2.33. The summed E-state index contributed by atoms with van der Waals surface area (Å²) < 4.78 is 37.5. The number of carbonyl (C=O) groups excluding carboxylic acids is 1. The minimum atomic E-state index is -4.36. The summed E-state index contributed by atoms with van der Waals surface area (Å²) in [5.41, 5.74) is 2.59. The van der Waals surface area contributed by atoms with Crippen LogP contribution >= 0.6 is 0 Å². The Morgan fingerprint density at radius 2 is 2.12 bits per heavy atom. The fourth-order valence-corrected chi connectivity index (χ4v) is 1.79. The summed E-state index contributed by atoms with van der Waals surface area (Å²) in [6.07, 6.45) is -4.18. The van der Waals surface area contributed by atoms with Crippen LogP contribution in [0, 0.1) is 0 Å². The van der Waals surface area contributed by atoms with E-state index in [1.54, 1.807) is 13.1 Å². The zero-order valence-electron chi connectivity index (χ0n) is 9.08. The SMILES string of the molecule is CN1NC(c2cccc(C(F)(F)F)c2)CC1=O. The number of hydrogen-bond acceptors (Lipinski definition) is 2. The van der Waals surface area contributed by atoms with E-state index in [4.69, 9.17) is 0 Å². The third-order valence-electron chi connectivity index (χ3n) is 2.72. The molecule has 0 spiro atoms. The molecule has 1 fully saturated rings. The van der Waals surface area contributed by atoms with Crippen molar-refractivity contribution in [1.82, 2.24) is 10.4 Å². The Kier molecular flexibility index (Phi) is 2.82. The van der Waals surface area contributed by atoms with E-state index in [9.17, 15) is 18.0 Å². The van der Waals surface area contributed by atoms with E-state index >= 15 is 0 Å². The summed E-state index contributed by atoms with van der Waals surface area (Å²) in [6.45, 7) is 0. The lowest BCUT2D eigenvalue weighted by atomic mass is 10.0. The summed E-state index contributed by atoms with van der Waals surface area (Å²) in [5.74, 6) is -0.132. The maximum absolute atomic E-state index is 12.5. The minimum absolute atomic E-state index is 0.132. The topological polar surface area (TPSA) is 32.3 Å². The van der Waals surface area contributed by atoms with Crippen LogP contribution in [0.5, 0.6) is 0 Å². The highest BCUT2D eigenvalue weighted by Crippen LogP contribution is 2.32. The molecule has 1 aromatic rings. The van der Waals surface area contributed by atoms with Gasteiger partial charge >= 0.3 is 6.18 Å². The molecule has 0 radical (unpaired) electrons. The van der Waals surface area contributed by atoms with E-state index in [2.05, 4.69) is 5.43 Å². The quantitative estimate of drug-likeness (QED) is 0.820. The number of halogens is 3. The Morgan fingerprint density at radius 3 is 2.65 bits per heavy atom. The van der Waals surface area contributed by atoms with Crippen LogP contribution in [0.15, 0.2) is 24.3 Å². The molecular weight excluding hydrogens is 233 g/mol. The molecule has 0 saturated carbocycles. The number of hydrogen-bond donors (Lipinski definition) is 1. The van der Waals surface area contributed by atoms with Gasteiger partial charge < -0.3 is 0 Å². The van der Waals surface area contributed by atoms with E-state index in [1.165, 1.54) is 11.1 Å². The van der Waals surface area contributed by atoms with Crippen molar-refractivity contribution < 1.29 is 18.0 Å². The van der Waals surface area contributed by atoms with Crippen LogP contribution in [0.1, 0.15) is 23.6 Å². The van der Waals surface area contributed by atoms with Gasteiger partial charge in [-0.3, -0.25) is 9.80 Å². The average molecular weight is 244 g/mol. The van der Waals surface area contributed by atoms with Crippen LogP contribution in [0.4, 0.5) is 13.2 Å². The lowest BCUT2D eigenvalue weighted by molar-refractivity contribution is -0.137. The maximum Gasteiger partial charge on any atom is 0.416 e. The van der Waals surface area contributed by atoms with Gasteiger partial charge in [0.2, 0.25) is 5.91 Å². The molecule has 1 unspecified atom stereocenters. The first-order valence-corrected chi connectivity index (χ1v) is 5.08. The molecule has 1 saturated heterocycles. The van der Waals surface area contributed by atoms with Crippen LogP contribution in [0.3, 0.4) is 0 Å². The summed E-state index contributed by atoms with van der Waals surface area (Å²) in [4.78, 5) is 11.3. The van der Waals surface area contributed by atoms with Crippen molar-refractivity contribution in [3.63, 3.8) is 0 Å². The molecule has 1 aliphatic heterocycles. The molecule has 1 atom stereocenters. The number of nitrogens with zero attached hydrogens (tertiary/aromatic N) is 1. The summed E-state index contributed by atoms with van der Waals surface area (Å²) in [5, 5.41) is 1.30. The molecule has 1 N–H and O–H groups in total. The largest absolute Gasteiger partial charge is 0.416 e. The predicted octanol–water partition coefficient (Wildman–Crippen LogP) is 2.11. The van der Waals surface area contributed by atoms with Crippen molar-refractivity contribution in [3.8, 4) is 0 Å². The second-order valence-electron chi connectivity index (χ2n) is 3.96. The number of benzene rings is 1. The molecular formula is C11H11F3N2O. The Bertz CT molecular complexity index is 445. The second-order valence-corrected chi connectivity index (χ2v) is 3.96. The molecule has 2 rings (SSSR count). The number of hydrazine groups is 1. The van der Waals surface area contributed by atoms with E-state index < -0.39 is 11.7 Å². The van der Waals surface area contributed by atoms with Gasteiger partial charge in [0.15, 0.2) is 0 Å². The smallest absolute Gasteiger partial charge is 0.281 e. The van der Waals surface area contributed by atoms with Crippen LogP contribution in [-0.4, -0.2) is 18.0 Å².